The molecule has 1 atom stereocenters. The second-order valence-corrected chi connectivity index (χ2v) is 7.98. The number of fused-ring (bicyclic) bond motifs is 1. The van der Waals surface area contributed by atoms with Gasteiger partial charge in [0, 0.05) is 12.0 Å². The van der Waals surface area contributed by atoms with Crippen LogP contribution in [0.4, 0.5) is 5.69 Å². The number of rotatable bonds is 2. The molecule has 2 aromatic rings. The van der Waals surface area contributed by atoms with Crippen molar-refractivity contribution in [1.29, 1.82) is 0 Å². The van der Waals surface area contributed by atoms with E-state index < -0.39 is 5.72 Å². The fourth-order valence-electron chi connectivity index (χ4n) is 4.57. The Morgan fingerprint density at radius 1 is 0.964 bits per heavy atom. The van der Waals surface area contributed by atoms with E-state index in [2.05, 4.69) is 40.7 Å². The van der Waals surface area contributed by atoms with Crippen molar-refractivity contribution in [3.8, 4) is 11.5 Å². The number of amidine groups is 1. The number of benzene rings is 2. The number of aliphatic hydroxyl groups is 1. The van der Waals surface area contributed by atoms with E-state index >= 15 is 0 Å². The van der Waals surface area contributed by atoms with E-state index in [0.29, 0.717) is 19.8 Å². The van der Waals surface area contributed by atoms with Gasteiger partial charge < -0.3 is 14.6 Å². The summed E-state index contributed by atoms with van der Waals surface area (Å²) in [6.45, 7) is 4.60. The van der Waals surface area contributed by atoms with Crippen molar-refractivity contribution in [2.24, 2.45) is 0 Å². The van der Waals surface area contributed by atoms with Crippen LogP contribution in [0.15, 0.2) is 42.5 Å². The normalized spacial score (nSPS) is 24.1. The van der Waals surface area contributed by atoms with Crippen LogP contribution in [-0.4, -0.2) is 41.8 Å². The van der Waals surface area contributed by atoms with Crippen LogP contribution >= 0.6 is 0 Å². The summed E-state index contributed by atoms with van der Waals surface area (Å²) in [7, 11) is 0. The van der Waals surface area contributed by atoms with Crippen molar-refractivity contribution in [3.63, 3.8) is 0 Å². The molecule has 0 saturated carbocycles. The van der Waals surface area contributed by atoms with Crippen molar-refractivity contribution in [2.75, 3.05) is 31.2 Å². The first-order chi connectivity index (χ1) is 13.6. The number of nitrogens with zero attached hydrogens (tertiary/aromatic N) is 2. The SMILES string of the molecule is Cc1ccc(N2C[C@](O)(c3ccc4c(c3)OCCO4)[N+]3=C2CCCCC3)cc1. The van der Waals surface area contributed by atoms with Crippen LogP contribution in [-0.2, 0) is 5.72 Å². The molecule has 0 radical (unpaired) electrons. The van der Waals surface area contributed by atoms with Crippen LogP contribution in [0.2, 0.25) is 0 Å². The molecular formula is C23H27N2O3+. The molecule has 0 unspecified atom stereocenters. The van der Waals surface area contributed by atoms with E-state index in [0.717, 1.165) is 48.6 Å². The molecule has 0 bridgehead atoms. The van der Waals surface area contributed by atoms with Gasteiger partial charge in [0.1, 0.15) is 18.9 Å². The largest absolute Gasteiger partial charge is 0.486 e. The first kappa shape index (κ1) is 17.6. The lowest BCUT2D eigenvalue weighted by Gasteiger charge is -2.26. The van der Waals surface area contributed by atoms with E-state index in [1.165, 1.54) is 17.8 Å². The summed E-state index contributed by atoms with van der Waals surface area (Å²) in [6.07, 6.45) is 4.43. The maximum absolute atomic E-state index is 11.9. The number of anilines is 1. The Kier molecular flexibility index (Phi) is 4.27. The van der Waals surface area contributed by atoms with Gasteiger partial charge in [-0.1, -0.05) is 17.7 Å². The van der Waals surface area contributed by atoms with Crippen LogP contribution in [0.1, 0.15) is 36.8 Å². The van der Waals surface area contributed by atoms with Crippen molar-refractivity contribution in [2.45, 2.75) is 38.3 Å². The molecule has 0 amide bonds. The molecule has 3 heterocycles. The van der Waals surface area contributed by atoms with E-state index in [1.807, 2.05) is 18.2 Å². The van der Waals surface area contributed by atoms with Crippen LogP contribution < -0.4 is 14.4 Å². The zero-order chi connectivity index (χ0) is 19.1. The van der Waals surface area contributed by atoms with Crippen LogP contribution in [0.25, 0.3) is 0 Å². The zero-order valence-corrected chi connectivity index (χ0v) is 16.4. The lowest BCUT2D eigenvalue weighted by Crippen LogP contribution is -2.41. The van der Waals surface area contributed by atoms with Crippen LogP contribution in [0, 0.1) is 6.92 Å². The minimum atomic E-state index is -1.07. The van der Waals surface area contributed by atoms with Crippen molar-refractivity contribution in [1.82, 2.24) is 0 Å². The van der Waals surface area contributed by atoms with Crippen molar-refractivity contribution in [3.05, 3.63) is 53.6 Å². The Bertz CT molecular complexity index is 922. The average Bonchev–Trinajstić information content (AvgIpc) is 2.87. The second kappa shape index (κ2) is 6.82. The number of hydrogen-bond acceptors (Lipinski definition) is 4. The topological polar surface area (TPSA) is 44.9 Å². The van der Waals surface area contributed by atoms with Gasteiger partial charge in [0.05, 0.1) is 6.54 Å². The molecule has 3 aliphatic heterocycles. The molecule has 5 rings (SSSR count). The van der Waals surface area contributed by atoms with Gasteiger partial charge >= 0.3 is 0 Å². The number of aryl methyl sites for hydroxylation is 1. The molecule has 0 spiro atoms. The lowest BCUT2D eigenvalue weighted by molar-refractivity contribution is -0.658. The summed E-state index contributed by atoms with van der Waals surface area (Å²) in [4.78, 5) is 2.29. The fraction of sp³-hybridized carbons (Fsp3) is 0.435. The highest BCUT2D eigenvalue weighted by molar-refractivity contribution is 5.95. The Morgan fingerprint density at radius 2 is 1.75 bits per heavy atom. The minimum absolute atomic E-state index is 0.519. The van der Waals surface area contributed by atoms with Crippen molar-refractivity contribution >= 4 is 11.5 Å². The standard InChI is InChI=1S/C23H27N2O3/c1-17-6-9-19(10-7-17)24-16-23(26,25-12-4-2-3-5-22(24)25)18-8-11-20-21(15-18)28-14-13-27-20/h6-11,15,26H,2-5,12-14,16H2,1H3/q+1/t23-/m0/s1. The number of ether oxygens (including phenoxy) is 2. The maximum atomic E-state index is 11.9. The molecular weight excluding hydrogens is 352 g/mol. The summed E-state index contributed by atoms with van der Waals surface area (Å²) < 4.78 is 13.7. The Labute approximate surface area is 165 Å². The maximum Gasteiger partial charge on any atom is 0.271 e. The van der Waals surface area contributed by atoms with Gasteiger partial charge in [-0.15, -0.1) is 0 Å². The highest BCUT2D eigenvalue weighted by Crippen LogP contribution is 2.39. The van der Waals surface area contributed by atoms with Gasteiger partial charge in [0.25, 0.3) is 11.6 Å². The van der Waals surface area contributed by atoms with Crippen LogP contribution in [0.3, 0.4) is 0 Å². The van der Waals surface area contributed by atoms with Gasteiger partial charge in [0.15, 0.2) is 18.0 Å². The predicted molar refractivity (Wildman–Crippen MR) is 108 cm³/mol. The summed E-state index contributed by atoms with van der Waals surface area (Å²) in [5, 5.41) is 11.9. The molecule has 1 N–H and O–H groups in total. The number of β-amino-alcohol motifs (C(OH)–C–C–N with tert-alkyl or cyclic N) is 1. The summed E-state index contributed by atoms with van der Waals surface area (Å²) in [6, 6.07) is 14.4. The second-order valence-electron chi connectivity index (χ2n) is 7.98. The average molecular weight is 379 g/mol. The fourth-order valence-corrected chi connectivity index (χ4v) is 4.57. The smallest absolute Gasteiger partial charge is 0.271 e. The van der Waals surface area contributed by atoms with Gasteiger partial charge in [-0.3, -0.25) is 0 Å². The first-order valence-corrected chi connectivity index (χ1v) is 10.3. The van der Waals surface area contributed by atoms with E-state index in [1.54, 1.807) is 0 Å². The first-order valence-electron chi connectivity index (χ1n) is 10.3. The Balaban J connectivity index is 1.58. The van der Waals surface area contributed by atoms with Gasteiger partial charge in [-0.2, -0.15) is 0 Å². The highest BCUT2D eigenvalue weighted by atomic mass is 16.6. The molecule has 2 aromatic carbocycles. The molecule has 0 saturated heterocycles. The summed E-state index contributed by atoms with van der Waals surface area (Å²) in [5.74, 6) is 2.70. The molecule has 0 aliphatic carbocycles. The Morgan fingerprint density at radius 3 is 2.57 bits per heavy atom. The molecule has 5 heteroatoms. The van der Waals surface area contributed by atoms with Gasteiger partial charge in [-0.05, 0) is 56.5 Å². The minimum Gasteiger partial charge on any atom is -0.486 e. The lowest BCUT2D eigenvalue weighted by atomic mass is 10.0. The molecule has 5 nitrogen and oxygen atoms in total. The zero-order valence-electron chi connectivity index (χ0n) is 16.4. The third-order valence-corrected chi connectivity index (χ3v) is 6.08. The summed E-state index contributed by atoms with van der Waals surface area (Å²) in [5.41, 5.74) is 2.18. The van der Waals surface area contributed by atoms with E-state index in [9.17, 15) is 5.11 Å². The molecule has 0 aromatic heterocycles. The quantitative estimate of drug-likeness (QED) is 0.812. The third kappa shape index (κ3) is 2.85. The van der Waals surface area contributed by atoms with Gasteiger partial charge in [-0.25, -0.2) is 9.48 Å². The third-order valence-electron chi connectivity index (χ3n) is 6.08. The number of hydrogen-bond donors (Lipinski definition) is 1. The highest BCUT2D eigenvalue weighted by Gasteiger charge is 2.52. The monoisotopic (exact) mass is 379 g/mol. The molecule has 146 valence electrons. The van der Waals surface area contributed by atoms with Crippen LogP contribution in [0.5, 0.6) is 11.5 Å². The van der Waals surface area contributed by atoms with E-state index in [4.69, 9.17) is 9.47 Å². The van der Waals surface area contributed by atoms with Crippen molar-refractivity contribution < 1.29 is 19.2 Å². The Hall–Kier alpha value is -2.53. The predicted octanol–water partition coefficient (Wildman–Crippen LogP) is 3.42. The molecule has 28 heavy (non-hydrogen) atoms. The molecule has 0 fully saturated rings. The summed E-state index contributed by atoms with van der Waals surface area (Å²) >= 11 is 0. The van der Waals surface area contributed by atoms with E-state index in [-0.39, 0.29) is 0 Å². The van der Waals surface area contributed by atoms with Gasteiger partial charge in [0.2, 0.25) is 0 Å². The molecule has 3 aliphatic rings.